The molecule has 0 aromatic carbocycles. The molecule has 0 saturated heterocycles. The molecule has 0 bridgehead atoms. The highest BCUT2D eigenvalue weighted by molar-refractivity contribution is 6.22. The van der Waals surface area contributed by atoms with E-state index in [0.717, 1.165) is 18.8 Å². The van der Waals surface area contributed by atoms with Gasteiger partial charge in [-0.2, -0.15) is 0 Å². The minimum atomic E-state index is 0.226. The maximum Gasteiger partial charge on any atom is 0.0545 e. The molecule has 0 spiro atoms. The van der Waals surface area contributed by atoms with Crippen LogP contribution in [0.5, 0.6) is 0 Å². The Balaban J connectivity index is 2.38. The van der Waals surface area contributed by atoms with Crippen LogP contribution in [-0.2, 0) is 0 Å². The second kappa shape index (κ2) is 4.85. The molecular weight excluding hydrogens is 180 g/mol. The van der Waals surface area contributed by atoms with Crippen molar-refractivity contribution in [3.05, 3.63) is 23.8 Å². The maximum absolute atomic E-state index is 6.16. The molecule has 0 aromatic heterocycles. The van der Waals surface area contributed by atoms with Crippen LogP contribution >= 0.6 is 11.6 Å². The number of rotatable bonds is 2. The summed E-state index contributed by atoms with van der Waals surface area (Å²) in [6.07, 6.45) is 7.02. The number of allylic oxidation sites excluding steroid dienone is 3. The number of halogens is 1. The van der Waals surface area contributed by atoms with Gasteiger partial charge in [0.15, 0.2) is 0 Å². The molecule has 2 unspecified atom stereocenters. The minimum Gasteiger partial charge on any atom is -0.118 e. The fraction of sp³-hybridized carbons (Fsp3) is 0.667. The molecule has 1 rings (SSSR count). The lowest BCUT2D eigenvalue weighted by molar-refractivity contribution is 0.417. The fourth-order valence-corrected chi connectivity index (χ4v) is 2.10. The SMILES string of the molecule is C=C1CCC(CC=C(C)C)CC1Cl. The van der Waals surface area contributed by atoms with E-state index in [2.05, 4.69) is 26.5 Å². The van der Waals surface area contributed by atoms with Gasteiger partial charge in [0, 0.05) is 0 Å². The number of hydrogen-bond acceptors (Lipinski definition) is 0. The van der Waals surface area contributed by atoms with Crippen LogP contribution in [0.2, 0.25) is 0 Å². The average Bonchev–Trinajstić information content (AvgIpc) is 2.07. The van der Waals surface area contributed by atoms with Crippen molar-refractivity contribution in [2.45, 2.75) is 44.9 Å². The Hall–Kier alpha value is -0.230. The zero-order chi connectivity index (χ0) is 9.84. The van der Waals surface area contributed by atoms with Crippen LogP contribution in [0.1, 0.15) is 39.5 Å². The summed E-state index contributed by atoms with van der Waals surface area (Å²) in [4.78, 5) is 0. The Morgan fingerprint density at radius 2 is 2.31 bits per heavy atom. The summed E-state index contributed by atoms with van der Waals surface area (Å²) in [6, 6.07) is 0. The number of alkyl halides is 1. The van der Waals surface area contributed by atoms with Crippen molar-refractivity contribution in [2.24, 2.45) is 5.92 Å². The van der Waals surface area contributed by atoms with Gasteiger partial charge in [-0.3, -0.25) is 0 Å². The molecule has 1 fully saturated rings. The Labute approximate surface area is 86.7 Å². The Morgan fingerprint density at radius 1 is 1.62 bits per heavy atom. The summed E-state index contributed by atoms with van der Waals surface area (Å²) in [5, 5.41) is 0.226. The first-order valence-electron chi connectivity index (χ1n) is 5.04. The van der Waals surface area contributed by atoms with Crippen LogP contribution in [0.15, 0.2) is 23.8 Å². The zero-order valence-electron chi connectivity index (χ0n) is 8.65. The normalized spacial score (nSPS) is 28.7. The van der Waals surface area contributed by atoms with E-state index in [1.54, 1.807) is 0 Å². The average molecular weight is 199 g/mol. The van der Waals surface area contributed by atoms with Crippen molar-refractivity contribution in [2.75, 3.05) is 0 Å². The number of hydrogen-bond donors (Lipinski definition) is 0. The predicted molar refractivity (Wildman–Crippen MR) is 60.2 cm³/mol. The highest BCUT2D eigenvalue weighted by Gasteiger charge is 2.21. The van der Waals surface area contributed by atoms with Gasteiger partial charge in [-0.25, -0.2) is 0 Å². The molecule has 0 amide bonds. The molecule has 1 saturated carbocycles. The smallest absolute Gasteiger partial charge is 0.0545 e. The first-order chi connectivity index (χ1) is 6.09. The van der Waals surface area contributed by atoms with Crippen molar-refractivity contribution in [3.8, 4) is 0 Å². The first kappa shape index (κ1) is 10.8. The predicted octanol–water partition coefficient (Wildman–Crippen LogP) is 4.31. The molecule has 2 atom stereocenters. The van der Waals surface area contributed by atoms with Crippen molar-refractivity contribution < 1.29 is 0 Å². The highest BCUT2D eigenvalue weighted by Crippen LogP contribution is 2.33. The van der Waals surface area contributed by atoms with Gasteiger partial charge in [-0.15, -0.1) is 11.6 Å². The molecule has 1 aliphatic rings. The largest absolute Gasteiger partial charge is 0.118 e. The first-order valence-corrected chi connectivity index (χ1v) is 5.48. The van der Waals surface area contributed by atoms with Crippen LogP contribution in [0.3, 0.4) is 0 Å². The van der Waals surface area contributed by atoms with E-state index >= 15 is 0 Å². The minimum absolute atomic E-state index is 0.226. The summed E-state index contributed by atoms with van der Waals surface area (Å²) >= 11 is 6.16. The van der Waals surface area contributed by atoms with E-state index in [4.69, 9.17) is 11.6 Å². The van der Waals surface area contributed by atoms with E-state index < -0.39 is 0 Å². The molecule has 0 heterocycles. The van der Waals surface area contributed by atoms with Gasteiger partial charge in [0.1, 0.15) is 0 Å². The lowest BCUT2D eigenvalue weighted by Gasteiger charge is -2.26. The summed E-state index contributed by atoms with van der Waals surface area (Å²) in [7, 11) is 0. The molecule has 74 valence electrons. The van der Waals surface area contributed by atoms with Crippen molar-refractivity contribution in [1.82, 2.24) is 0 Å². The molecule has 0 N–H and O–H groups in total. The van der Waals surface area contributed by atoms with Gasteiger partial charge in [-0.1, -0.05) is 23.8 Å². The van der Waals surface area contributed by atoms with Crippen molar-refractivity contribution in [3.63, 3.8) is 0 Å². The molecule has 0 radical (unpaired) electrons. The summed E-state index contributed by atoms with van der Waals surface area (Å²) in [5.41, 5.74) is 2.64. The molecular formula is C12H19Cl. The second-order valence-corrected chi connectivity index (χ2v) is 4.81. The quantitative estimate of drug-likeness (QED) is 0.458. The third-order valence-corrected chi connectivity index (χ3v) is 3.20. The van der Waals surface area contributed by atoms with Crippen molar-refractivity contribution >= 4 is 11.6 Å². The molecule has 0 aromatic rings. The van der Waals surface area contributed by atoms with E-state index in [-0.39, 0.29) is 5.38 Å². The molecule has 13 heavy (non-hydrogen) atoms. The summed E-state index contributed by atoms with van der Waals surface area (Å²) in [6.45, 7) is 8.28. The van der Waals surface area contributed by atoms with E-state index in [1.165, 1.54) is 24.0 Å². The molecule has 1 aliphatic carbocycles. The van der Waals surface area contributed by atoms with E-state index in [0.29, 0.717) is 0 Å². The Morgan fingerprint density at radius 3 is 2.85 bits per heavy atom. The van der Waals surface area contributed by atoms with E-state index in [9.17, 15) is 0 Å². The van der Waals surface area contributed by atoms with Crippen molar-refractivity contribution in [1.29, 1.82) is 0 Å². The zero-order valence-corrected chi connectivity index (χ0v) is 9.40. The standard InChI is InChI=1S/C12H19Cl/c1-9(2)4-6-11-7-5-10(3)12(13)8-11/h4,11-12H,3,5-8H2,1-2H3. The topological polar surface area (TPSA) is 0 Å². The van der Waals surface area contributed by atoms with Crippen LogP contribution in [-0.4, -0.2) is 5.38 Å². The third-order valence-electron chi connectivity index (χ3n) is 2.72. The second-order valence-electron chi connectivity index (χ2n) is 4.28. The van der Waals surface area contributed by atoms with Crippen LogP contribution in [0.4, 0.5) is 0 Å². The van der Waals surface area contributed by atoms with Crippen LogP contribution < -0.4 is 0 Å². The van der Waals surface area contributed by atoms with Gasteiger partial charge < -0.3 is 0 Å². The van der Waals surface area contributed by atoms with Crippen LogP contribution in [0.25, 0.3) is 0 Å². The maximum atomic E-state index is 6.16. The Bertz CT molecular complexity index is 211. The van der Waals surface area contributed by atoms with Gasteiger partial charge in [-0.05, 0) is 45.4 Å². The Kier molecular flexibility index (Phi) is 4.05. The lowest BCUT2D eigenvalue weighted by atomic mass is 9.84. The van der Waals surface area contributed by atoms with Gasteiger partial charge in [0.05, 0.1) is 5.38 Å². The van der Waals surface area contributed by atoms with Crippen LogP contribution in [0, 0.1) is 5.92 Å². The monoisotopic (exact) mass is 198 g/mol. The van der Waals surface area contributed by atoms with Gasteiger partial charge >= 0.3 is 0 Å². The fourth-order valence-electron chi connectivity index (χ4n) is 1.74. The highest BCUT2D eigenvalue weighted by atomic mass is 35.5. The summed E-state index contributed by atoms with van der Waals surface area (Å²) < 4.78 is 0. The van der Waals surface area contributed by atoms with Gasteiger partial charge in [0.2, 0.25) is 0 Å². The molecule has 0 nitrogen and oxygen atoms in total. The summed E-state index contributed by atoms with van der Waals surface area (Å²) in [5.74, 6) is 0.780. The third kappa shape index (κ3) is 3.56. The molecule has 0 aliphatic heterocycles. The lowest BCUT2D eigenvalue weighted by Crippen LogP contribution is -2.17. The van der Waals surface area contributed by atoms with E-state index in [1.807, 2.05) is 0 Å². The van der Waals surface area contributed by atoms with Gasteiger partial charge in [0.25, 0.3) is 0 Å². The molecule has 1 heteroatoms.